The van der Waals surface area contributed by atoms with Crippen molar-refractivity contribution < 1.29 is 23.1 Å². The van der Waals surface area contributed by atoms with Gasteiger partial charge in [-0.1, -0.05) is 23.2 Å². The summed E-state index contributed by atoms with van der Waals surface area (Å²) in [5, 5.41) is 21.6. The number of rotatable bonds is 7. The molecule has 11 nitrogen and oxygen atoms in total. The Morgan fingerprint density at radius 1 is 1.03 bits per heavy atom. The van der Waals surface area contributed by atoms with Crippen molar-refractivity contribution in [3.05, 3.63) is 70.8 Å². The minimum Gasteiger partial charge on any atom is -0.480 e. The van der Waals surface area contributed by atoms with Crippen molar-refractivity contribution in [3.63, 3.8) is 0 Å². The number of nitrogens with zero attached hydrogens (tertiary/aromatic N) is 5. The van der Waals surface area contributed by atoms with Crippen molar-refractivity contribution in [1.82, 2.24) is 20.1 Å². The van der Waals surface area contributed by atoms with Gasteiger partial charge in [0.15, 0.2) is 11.6 Å². The van der Waals surface area contributed by atoms with E-state index in [4.69, 9.17) is 23.2 Å². The molecule has 0 radical (unpaired) electrons. The molecule has 1 amide bonds. The van der Waals surface area contributed by atoms with Crippen LogP contribution in [0.15, 0.2) is 65.7 Å². The summed E-state index contributed by atoms with van der Waals surface area (Å²) in [5.74, 6) is -0.313. The van der Waals surface area contributed by atoms with E-state index in [0.29, 0.717) is 35.6 Å². The van der Waals surface area contributed by atoms with Gasteiger partial charge in [0.1, 0.15) is 6.54 Å². The summed E-state index contributed by atoms with van der Waals surface area (Å²) in [6, 6.07) is 13.9. The van der Waals surface area contributed by atoms with Crippen molar-refractivity contribution in [2.45, 2.75) is 4.90 Å². The maximum atomic E-state index is 13.4. The van der Waals surface area contributed by atoms with E-state index >= 15 is 0 Å². The van der Waals surface area contributed by atoms with Gasteiger partial charge in [0.05, 0.1) is 22.6 Å². The molecule has 2 N–H and O–H groups in total. The fraction of sp³-hybridized carbons (Fsp3) is 0.167. The number of carbonyl (C=O) groups is 2. The molecule has 1 aliphatic heterocycles. The van der Waals surface area contributed by atoms with Crippen molar-refractivity contribution in [2.24, 2.45) is 0 Å². The summed E-state index contributed by atoms with van der Waals surface area (Å²) in [6.45, 7) is 0.568. The van der Waals surface area contributed by atoms with Gasteiger partial charge in [-0.25, -0.2) is 8.42 Å². The van der Waals surface area contributed by atoms with Crippen LogP contribution >= 0.6 is 23.2 Å². The van der Waals surface area contributed by atoms with Crippen LogP contribution in [0.1, 0.15) is 0 Å². The van der Waals surface area contributed by atoms with E-state index < -0.39 is 22.5 Å². The third-order valence-corrected chi connectivity index (χ3v) is 8.10. The second kappa shape index (κ2) is 10.1. The Balaban J connectivity index is 1.48. The standard InChI is InChI=1S/C24H20Cl2N6O5S/c25-16-10-17(26)12-19(11-16)38(36,37)32(14-24(34)35)18-1-2-20-15(9-18)5-7-31(20)22-4-3-21(28-29-22)30-8-6-27-23(33)13-30/h1-5,7,9-12H,6,8,13-14H2,(H,27,33)(H,34,35). The van der Waals surface area contributed by atoms with Gasteiger partial charge in [-0.2, -0.15) is 0 Å². The second-order valence-electron chi connectivity index (χ2n) is 8.46. The van der Waals surface area contributed by atoms with Gasteiger partial charge >= 0.3 is 5.97 Å². The highest BCUT2D eigenvalue weighted by atomic mass is 35.5. The van der Waals surface area contributed by atoms with Crippen LogP contribution < -0.4 is 14.5 Å². The Bertz CT molecular complexity index is 1640. The zero-order valence-corrected chi connectivity index (χ0v) is 21.9. The average molecular weight is 575 g/mol. The van der Waals surface area contributed by atoms with E-state index in [-0.39, 0.29) is 33.1 Å². The molecule has 1 saturated heterocycles. The lowest BCUT2D eigenvalue weighted by Crippen LogP contribution is -2.48. The lowest BCUT2D eigenvalue weighted by molar-refractivity contribution is -0.135. The molecule has 2 aromatic heterocycles. The van der Waals surface area contributed by atoms with E-state index in [1.807, 2.05) is 4.90 Å². The summed E-state index contributed by atoms with van der Waals surface area (Å²) in [4.78, 5) is 24.9. The summed E-state index contributed by atoms with van der Waals surface area (Å²) in [6.07, 6.45) is 1.75. The number of nitrogens with one attached hydrogen (secondary N) is 1. The number of aromatic nitrogens is 3. The zero-order valence-electron chi connectivity index (χ0n) is 19.6. The molecule has 38 heavy (non-hydrogen) atoms. The molecule has 3 heterocycles. The van der Waals surface area contributed by atoms with Crippen LogP contribution in [0.2, 0.25) is 10.0 Å². The number of carboxylic acids is 1. The van der Waals surface area contributed by atoms with Gasteiger partial charge in [0.2, 0.25) is 5.91 Å². The van der Waals surface area contributed by atoms with Crippen LogP contribution in [0.5, 0.6) is 0 Å². The molecular formula is C24H20Cl2N6O5S. The normalized spacial score (nSPS) is 13.9. The number of halogens is 2. The number of carboxylic acid groups (broad SMARTS) is 1. The topological polar surface area (TPSA) is 138 Å². The largest absolute Gasteiger partial charge is 0.480 e. The van der Waals surface area contributed by atoms with Crippen LogP contribution in [-0.4, -0.2) is 66.3 Å². The maximum Gasteiger partial charge on any atom is 0.324 e. The maximum absolute atomic E-state index is 13.4. The SMILES string of the molecule is O=C(O)CN(c1ccc2c(ccn2-c2ccc(N3CCNC(=O)C3)nn2)c1)S(=O)(=O)c1cc(Cl)cc(Cl)c1. The number of carbonyl (C=O) groups excluding carboxylic acids is 1. The Hall–Kier alpha value is -3.87. The number of hydrogen-bond donors (Lipinski definition) is 2. The molecule has 4 aromatic rings. The zero-order chi connectivity index (χ0) is 27.0. The summed E-state index contributed by atoms with van der Waals surface area (Å²) < 4.78 is 29.4. The van der Waals surface area contributed by atoms with Crippen molar-refractivity contribution in [1.29, 1.82) is 0 Å². The van der Waals surface area contributed by atoms with Crippen molar-refractivity contribution in [3.8, 4) is 5.82 Å². The highest BCUT2D eigenvalue weighted by Gasteiger charge is 2.28. The molecule has 196 valence electrons. The quantitative estimate of drug-likeness (QED) is 0.343. The molecule has 5 rings (SSSR count). The first-order valence-electron chi connectivity index (χ1n) is 11.3. The third kappa shape index (κ3) is 5.10. The molecule has 0 saturated carbocycles. The van der Waals surface area contributed by atoms with Crippen LogP contribution in [0.25, 0.3) is 16.7 Å². The molecule has 1 aliphatic rings. The van der Waals surface area contributed by atoms with Gasteiger partial charge in [-0.3, -0.25) is 18.5 Å². The lowest BCUT2D eigenvalue weighted by Gasteiger charge is -2.27. The highest BCUT2D eigenvalue weighted by molar-refractivity contribution is 7.92. The number of anilines is 2. The third-order valence-electron chi connectivity index (χ3n) is 5.91. The Labute approximate surface area is 227 Å². The van der Waals surface area contributed by atoms with Gasteiger partial charge in [-0.15, -0.1) is 10.2 Å². The number of fused-ring (bicyclic) bond motifs is 1. The fourth-order valence-corrected chi connectivity index (χ4v) is 6.31. The van der Waals surface area contributed by atoms with E-state index in [1.165, 1.54) is 24.3 Å². The number of amides is 1. The average Bonchev–Trinajstić information content (AvgIpc) is 3.30. The molecule has 2 aromatic carbocycles. The second-order valence-corrected chi connectivity index (χ2v) is 11.2. The predicted molar refractivity (Wildman–Crippen MR) is 143 cm³/mol. The van der Waals surface area contributed by atoms with E-state index in [9.17, 15) is 23.1 Å². The molecule has 0 spiro atoms. The number of piperazine rings is 1. The number of hydrogen-bond acceptors (Lipinski definition) is 7. The summed E-state index contributed by atoms with van der Waals surface area (Å²) in [5.41, 5.74) is 0.852. The van der Waals surface area contributed by atoms with Crippen LogP contribution in [0.3, 0.4) is 0 Å². The summed E-state index contributed by atoms with van der Waals surface area (Å²) in [7, 11) is -4.31. The van der Waals surface area contributed by atoms with Crippen LogP contribution in [0.4, 0.5) is 11.5 Å². The molecule has 0 unspecified atom stereocenters. The Morgan fingerprint density at radius 3 is 2.39 bits per heavy atom. The Morgan fingerprint density at radius 2 is 1.74 bits per heavy atom. The minimum atomic E-state index is -4.31. The molecule has 1 fully saturated rings. The molecular weight excluding hydrogens is 555 g/mol. The van der Waals surface area contributed by atoms with Crippen molar-refractivity contribution >= 4 is 67.5 Å². The van der Waals surface area contributed by atoms with Crippen LogP contribution in [0, 0.1) is 0 Å². The molecule has 0 aliphatic carbocycles. The lowest BCUT2D eigenvalue weighted by atomic mass is 10.2. The van der Waals surface area contributed by atoms with E-state index in [0.717, 1.165) is 4.31 Å². The van der Waals surface area contributed by atoms with Gasteiger partial charge in [0.25, 0.3) is 10.0 Å². The minimum absolute atomic E-state index is 0.0771. The number of benzene rings is 2. The first kappa shape index (κ1) is 25.8. The van der Waals surface area contributed by atoms with Crippen molar-refractivity contribution in [2.75, 3.05) is 35.4 Å². The van der Waals surface area contributed by atoms with Gasteiger partial charge < -0.3 is 15.3 Å². The van der Waals surface area contributed by atoms with Gasteiger partial charge in [-0.05, 0) is 54.6 Å². The first-order valence-corrected chi connectivity index (χ1v) is 13.5. The van der Waals surface area contributed by atoms with E-state index in [2.05, 4.69) is 15.5 Å². The fourth-order valence-electron chi connectivity index (χ4n) is 4.18. The van der Waals surface area contributed by atoms with Gasteiger partial charge in [0, 0.05) is 34.7 Å². The van der Waals surface area contributed by atoms with E-state index in [1.54, 1.807) is 41.1 Å². The monoisotopic (exact) mass is 574 g/mol. The first-order chi connectivity index (χ1) is 18.1. The smallest absolute Gasteiger partial charge is 0.324 e. The highest BCUT2D eigenvalue weighted by Crippen LogP contribution is 2.31. The predicted octanol–water partition coefficient (Wildman–Crippen LogP) is 2.94. The van der Waals surface area contributed by atoms with Crippen LogP contribution in [-0.2, 0) is 19.6 Å². The number of sulfonamides is 1. The Kier molecular flexibility index (Phi) is 6.86. The molecule has 0 atom stereocenters. The molecule has 14 heteroatoms. The molecule has 0 bridgehead atoms. The number of aliphatic carboxylic acids is 1. The summed E-state index contributed by atoms with van der Waals surface area (Å²) >= 11 is 12.0.